The number of hydrogen-bond donors (Lipinski definition) is 2. The standard InChI is InChI=1S/C18H20O2/c1-11-17(12-4-6-13(19)7-5-12)15-10-14(20)8-9-16(15)18(11,2)3/h4-11,17,19-20H,1-3H3. The van der Waals surface area contributed by atoms with Gasteiger partial charge in [0.05, 0.1) is 0 Å². The van der Waals surface area contributed by atoms with Crippen molar-refractivity contribution >= 4 is 0 Å². The first kappa shape index (κ1) is 13.0. The van der Waals surface area contributed by atoms with E-state index in [-0.39, 0.29) is 17.1 Å². The Morgan fingerprint density at radius 2 is 1.50 bits per heavy atom. The quantitative estimate of drug-likeness (QED) is 0.815. The van der Waals surface area contributed by atoms with Crippen LogP contribution in [0.3, 0.4) is 0 Å². The van der Waals surface area contributed by atoms with E-state index in [0.29, 0.717) is 11.7 Å². The predicted molar refractivity (Wildman–Crippen MR) is 80.2 cm³/mol. The van der Waals surface area contributed by atoms with Gasteiger partial charge in [-0.15, -0.1) is 0 Å². The summed E-state index contributed by atoms with van der Waals surface area (Å²) in [5.41, 5.74) is 3.77. The molecule has 0 radical (unpaired) electrons. The third-order valence-corrected chi connectivity index (χ3v) is 4.95. The summed E-state index contributed by atoms with van der Waals surface area (Å²) in [7, 11) is 0. The van der Waals surface area contributed by atoms with E-state index in [1.54, 1.807) is 18.2 Å². The first-order valence-corrected chi connectivity index (χ1v) is 7.03. The molecule has 0 spiro atoms. The van der Waals surface area contributed by atoms with Crippen LogP contribution in [0.2, 0.25) is 0 Å². The number of rotatable bonds is 1. The zero-order valence-electron chi connectivity index (χ0n) is 12.1. The lowest BCUT2D eigenvalue weighted by Crippen LogP contribution is -2.23. The van der Waals surface area contributed by atoms with Crippen LogP contribution in [-0.4, -0.2) is 10.2 Å². The Kier molecular flexibility index (Phi) is 2.79. The molecule has 0 saturated carbocycles. The Balaban J connectivity index is 2.17. The van der Waals surface area contributed by atoms with E-state index in [1.807, 2.05) is 24.3 Å². The zero-order chi connectivity index (χ0) is 14.5. The highest BCUT2D eigenvalue weighted by molar-refractivity contribution is 5.51. The first-order valence-electron chi connectivity index (χ1n) is 7.03. The van der Waals surface area contributed by atoms with Gasteiger partial charge in [-0.1, -0.05) is 39.0 Å². The molecule has 1 aliphatic carbocycles. The maximum atomic E-state index is 9.82. The van der Waals surface area contributed by atoms with Crippen molar-refractivity contribution in [2.24, 2.45) is 5.92 Å². The summed E-state index contributed by atoms with van der Waals surface area (Å²) in [4.78, 5) is 0. The molecule has 2 aromatic rings. The van der Waals surface area contributed by atoms with Gasteiger partial charge >= 0.3 is 0 Å². The van der Waals surface area contributed by atoms with Gasteiger partial charge in [0.1, 0.15) is 11.5 Å². The molecular weight excluding hydrogens is 248 g/mol. The Labute approximate surface area is 119 Å². The third kappa shape index (κ3) is 1.79. The minimum atomic E-state index is 0.0750. The second-order valence-corrected chi connectivity index (χ2v) is 6.35. The van der Waals surface area contributed by atoms with Crippen LogP contribution in [-0.2, 0) is 5.41 Å². The molecule has 2 aromatic carbocycles. The summed E-state index contributed by atoms with van der Waals surface area (Å²) in [6.45, 7) is 6.77. The van der Waals surface area contributed by atoms with Crippen molar-refractivity contribution in [3.05, 3.63) is 59.2 Å². The Morgan fingerprint density at radius 1 is 0.900 bits per heavy atom. The van der Waals surface area contributed by atoms with E-state index in [2.05, 4.69) is 20.8 Å². The predicted octanol–water partition coefficient (Wildman–Crippen LogP) is 4.16. The van der Waals surface area contributed by atoms with Gasteiger partial charge in [-0.3, -0.25) is 0 Å². The van der Waals surface area contributed by atoms with Crippen LogP contribution in [0.5, 0.6) is 11.5 Å². The van der Waals surface area contributed by atoms with E-state index in [0.717, 1.165) is 0 Å². The monoisotopic (exact) mass is 268 g/mol. The van der Waals surface area contributed by atoms with Crippen molar-refractivity contribution in [3.8, 4) is 11.5 Å². The maximum absolute atomic E-state index is 9.82. The summed E-state index contributed by atoms with van der Waals surface area (Å²) in [6, 6.07) is 13.1. The summed E-state index contributed by atoms with van der Waals surface area (Å²) >= 11 is 0. The third-order valence-electron chi connectivity index (χ3n) is 4.95. The average Bonchev–Trinajstić information content (AvgIpc) is 2.59. The van der Waals surface area contributed by atoms with Crippen LogP contribution in [0.4, 0.5) is 0 Å². The van der Waals surface area contributed by atoms with Crippen LogP contribution < -0.4 is 0 Å². The Morgan fingerprint density at radius 3 is 2.15 bits per heavy atom. The zero-order valence-corrected chi connectivity index (χ0v) is 12.1. The molecule has 0 aliphatic heterocycles. The highest BCUT2D eigenvalue weighted by Crippen LogP contribution is 2.53. The normalized spacial score (nSPS) is 23.6. The number of aromatic hydroxyl groups is 2. The molecule has 0 fully saturated rings. The molecule has 20 heavy (non-hydrogen) atoms. The van der Waals surface area contributed by atoms with Gasteiger partial charge in [-0.25, -0.2) is 0 Å². The highest BCUT2D eigenvalue weighted by Gasteiger charge is 2.44. The van der Waals surface area contributed by atoms with Gasteiger partial charge in [0.25, 0.3) is 0 Å². The van der Waals surface area contributed by atoms with E-state index in [1.165, 1.54) is 16.7 Å². The lowest BCUT2D eigenvalue weighted by atomic mass is 9.75. The molecule has 0 saturated heterocycles. The van der Waals surface area contributed by atoms with Crippen LogP contribution in [0, 0.1) is 5.92 Å². The largest absolute Gasteiger partial charge is 0.508 e. The first-order chi connectivity index (χ1) is 9.41. The molecule has 3 rings (SSSR count). The number of benzene rings is 2. The second-order valence-electron chi connectivity index (χ2n) is 6.35. The molecule has 104 valence electrons. The van der Waals surface area contributed by atoms with Crippen LogP contribution in [0.1, 0.15) is 43.4 Å². The van der Waals surface area contributed by atoms with Gasteiger partial charge in [0, 0.05) is 5.92 Å². The van der Waals surface area contributed by atoms with Crippen molar-refractivity contribution in [1.29, 1.82) is 0 Å². The fourth-order valence-electron chi connectivity index (χ4n) is 3.48. The maximum Gasteiger partial charge on any atom is 0.115 e. The van der Waals surface area contributed by atoms with Crippen molar-refractivity contribution < 1.29 is 10.2 Å². The molecule has 2 unspecified atom stereocenters. The molecule has 0 aromatic heterocycles. The summed E-state index contributed by atoms with van der Waals surface area (Å²) in [6.07, 6.45) is 0. The number of hydrogen-bond acceptors (Lipinski definition) is 2. The van der Waals surface area contributed by atoms with Gasteiger partial charge in [-0.05, 0) is 52.3 Å². The van der Waals surface area contributed by atoms with Crippen LogP contribution in [0.25, 0.3) is 0 Å². The molecule has 2 atom stereocenters. The number of phenols is 2. The average molecular weight is 268 g/mol. The van der Waals surface area contributed by atoms with Crippen molar-refractivity contribution in [3.63, 3.8) is 0 Å². The highest BCUT2D eigenvalue weighted by atomic mass is 16.3. The minimum absolute atomic E-state index is 0.0750. The lowest BCUT2D eigenvalue weighted by Gasteiger charge is -2.28. The van der Waals surface area contributed by atoms with E-state index in [4.69, 9.17) is 0 Å². The molecule has 2 heteroatoms. The fourth-order valence-corrected chi connectivity index (χ4v) is 3.48. The lowest BCUT2D eigenvalue weighted by molar-refractivity contribution is 0.352. The van der Waals surface area contributed by atoms with Gasteiger partial charge in [0.15, 0.2) is 0 Å². The molecule has 0 bridgehead atoms. The van der Waals surface area contributed by atoms with E-state index < -0.39 is 0 Å². The molecule has 2 N–H and O–H groups in total. The smallest absolute Gasteiger partial charge is 0.115 e. The summed E-state index contributed by atoms with van der Waals surface area (Å²) < 4.78 is 0. The van der Waals surface area contributed by atoms with Gasteiger partial charge < -0.3 is 10.2 Å². The summed E-state index contributed by atoms with van der Waals surface area (Å²) in [5, 5.41) is 19.3. The fraction of sp³-hybridized carbons (Fsp3) is 0.333. The van der Waals surface area contributed by atoms with Crippen molar-refractivity contribution in [1.82, 2.24) is 0 Å². The molecule has 1 aliphatic rings. The van der Waals surface area contributed by atoms with Crippen molar-refractivity contribution in [2.75, 3.05) is 0 Å². The topological polar surface area (TPSA) is 40.5 Å². The minimum Gasteiger partial charge on any atom is -0.508 e. The number of fused-ring (bicyclic) bond motifs is 1. The second kappa shape index (κ2) is 4.27. The van der Waals surface area contributed by atoms with E-state index >= 15 is 0 Å². The molecular formula is C18H20O2. The Hall–Kier alpha value is -1.96. The van der Waals surface area contributed by atoms with Gasteiger partial charge in [-0.2, -0.15) is 0 Å². The molecule has 0 heterocycles. The Bertz CT molecular complexity index is 641. The van der Waals surface area contributed by atoms with Crippen molar-refractivity contribution in [2.45, 2.75) is 32.1 Å². The van der Waals surface area contributed by atoms with Crippen LogP contribution >= 0.6 is 0 Å². The molecule has 0 amide bonds. The SMILES string of the molecule is CC1C(c2ccc(O)cc2)c2cc(O)ccc2C1(C)C. The number of phenolic OH excluding ortho intramolecular Hbond substituents is 2. The van der Waals surface area contributed by atoms with Crippen LogP contribution in [0.15, 0.2) is 42.5 Å². The molecule has 2 nitrogen and oxygen atoms in total. The van der Waals surface area contributed by atoms with Gasteiger partial charge in [0.2, 0.25) is 0 Å². The van der Waals surface area contributed by atoms with E-state index in [9.17, 15) is 10.2 Å². The summed E-state index contributed by atoms with van der Waals surface area (Å²) in [5.74, 6) is 1.30.